The molecule has 1 aliphatic rings. The Kier molecular flexibility index (Phi) is 5.75. The molecule has 8 heteroatoms. The van der Waals surface area contributed by atoms with Crippen LogP contribution in [0.1, 0.15) is 19.8 Å². The molecule has 0 radical (unpaired) electrons. The van der Waals surface area contributed by atoms with E-state index in [0.29, 0.717) is 18.1 Å². The molecule has 3 N–H and O–H groups in total. The van der Waals surface area contributed by atoms with Gasteiger partial charge < -0.3 is 20.5 Å². The molecule has 3 rings (SSSR count). The Morgan fingerprint density at radius 1 is 1.30 bits per heavy atom. The number of carboxylic acid groups (broad SMARTS) is 1. The van der Waals surface area contributed by atoms with E-state index < -0.39 is 5.97 Å². The van der Waals surface area contributed by atoms with E-state index in [-0.39, 0.29) is 24.7 Å². The van der Waals surface area contributed by atoms with Crippen molar-refractivity contribution in [1.82, 2.24) is 15.2 Å². The third-order valence-electron chi connectivity index (χ3n) is 4.84. The summed E-state index contributed by atoms with van der Waals surface area (Å²) in [5.74, 6) is -0.279. The first-order valence-electron chi connectivity index (χ1n) is 8.96. The predicted molar refractivity (Wildman–Crippen MR) is 102 cm³/mol. The summed E-state index contributed by atoms with van der Waals surface area (Å²) in [6.07, 6.45) is 1.52. The Balaban J connectivity index is 1.51. The lowest BCUT2D eigenvalue weighted by molar-refractivity contribution is -0.139. The molecule has 27 heavy (non-hydrogen) atoms. The topological polar surface area (TPSA) is 104 Å². The highest BCUT2D eigenvalue weighted by atomic mass is 16.5. The van der Waals surface area contributed by atoms with E-state index >= 15 is 0 Å². The number of hydrogen-bond acceptors (Lipinski definition) is 5. The molecule has 1 heterocycles. The number of fused-ring (bicyclic) bond motifs is 1. The number of pyridine rings is 1. The van der Waals surface area contributed by atoms with Gasteiger partial charge in [0.2, 0.25) is 5.88 Å². The van der Waals surface area contributed by atoms with Gasteiger partial charge in [0.05, 0.1) is 19.2 Å². The number of aromatic nitrogens is 1. The highest BCUT2D eigenvalue weighted by molar-refractivity contribution is 5.92. The van der Waals surface area contributed by atoms with E-state index in [1.165, 1.54) is 0 Å². The number of hydrogen-bond donors (Lipinski definition) is 3. The third-order valence-corrected chi connectivity index (χ3v) is 4.84. The summed E-state index contributed by atoms with van der Waals surface area (Å²) >= 11 is 0. The van der Waals surface area contributed by atoms with Gasteiger partial charge in [-0.2, -0.15) is 0 Å². The SMILES string of the molecule is CCN(CC(=O)O)C1CC(NC(=O)Nc2ccc3nc(OC)ccc3c2)C1. The van der Waals surface area contributed by atoms with Gasteiger partial charge in [-0.3, -0.25) is 9.69 Å². The van der Waals surface area contributed by atoms with Crippen molar-refractivity contribution in [3.8, 4) is 5.88 Å². The van der Waals surface area contributed by atoms with E-state index in [0.717, 1.165) is 23.7 Å². The molecular formula is C19H24N4O4. The van der Waals surface area contributed by atoms with Gasteiger partial charge in [-0.1, -0.05) is 6.92 Å². The van der Waals surface area contributed by atoms with Gasteiger partial charge in [-0.05, 0) is 43.7 Å². The molecule has 2 aromatic rings. The molecule has 1 aliphatic carbocycles. The Labute approximate surface area is 157 Å². The number of methoxy groups -OCH3 is 1. The molecule has 8 nitrogen and oxygen atoms in total. The number of rotatable bonds is 7. The van der Waals surface area contributed by atoms with Gasteiger partial charge in [0.25, 0.3) is 0 Å². The van der Waals surface area contributed by atoms with Crippen molar-refractivity contribution < 1.29 is 19.4 Å². The molecule has 0 spiro atoms. The number of aliphatic carboxylic acids is 1. The van der Waals surface area contributed by atoms with Crippen molar-refractivity contribution in [2.75, 3.05) is 25.5 Å². The number of nitrogens with one attached hydrogen (secondary N) is 2. The van der Waals surface area contributed by atoms with Gasteiger partial charge in [-0.25, -0.2) is 9.78 Å². The summed E-state index contributed by atoms with van der Waals surface area (Å²) < 4.78 is 5.11. The first-order chi connectivity index (χ1) is 13.0. The highest BCUT2D eigenvalue weighted by Gasteiger charge is 2.34. The molecule has 0 atom stereocenters. The molecule has 2 amide bonds. The van der Waals surface area contributed by atoms with Crippen molar-refractivity contribution in [3.63, 3.8) is 0 Å². The Morgan fingerprint density at radius 3 is 2.74 bits per heavy atom. The van der Waals surface area contributed by atoms with Crippen LogP contribution in [0.3, 0.4) is 0 Å². The fourth-order valence-electron chi connectivity index (χ4n) is 3.33. The maximum Gasteiger partial charge on any atom is 0.319 e. The molecule has 1 aromatic heterocycles. The van der Waals surface area contributed by atoms with Crippen molar-refractivity contribution in [2.24, 2.45) is 0 Å². The summed E-state index contributed by atoms with van der Waals surface area (Å²) in [5, 5.41) is 15.6. The molecule has 0 bridgehead atoms. The van der Waals surface area contributed by atoms with Crippen LogP contribution in [0.25, 0.3) is 10.9 Å². The molecule has 0 saturated heterocycles. The maximum atomic E-state index is 12.2. The van der Waals surface area contributed by atoms with Crippen LogP contribution in [0.15, 0.2) is 30.3 Å². The van der Waals surface area contributed by atoms with Crippen LogP contribution in [-0.4, -0.2) is 59.3 Å². The number of amides is 2. The Bertz CT molecular complexity index is 836. The first-order valence-corrected chi connectivity index (χ1v) is 8.96. The quantitative estimate of drug-likeness (QED) is 0.689. The van der Waals surface area contributed by atoms with Crippen LogP contribution in [-0.2, 0) is 4.79 Å². The van der Waals surface area contributed by atoms with Crippen LogP contribution in [0, 0.1) is 0 Å². The number of carbonyl (C=O) groups is 2. The van der Waals surface area contributed by atoms with Crippen LogP contribution in [0.5, 0.6) is 5.88 Å². The Morgan fingerprint density at radius 2 is 2.07 bits per heavy atom. The lowest BCUT2D eigenvalue weighted by atomic mass is 9.85. The molecule has 1 fully saturated rings. The summed E-state index contributed by atoms with van der Waals surface area (Å²) in [7, 11) is 1.57. The number of anilines is 1. The minimum Gasteiger partial charge on any atom is -0.481 e. The smallest absolute Gasteiger partial charge is 0.319 e. The molecular weight excluding hydrogens is 348 g/mol. The van der Waals surface area contributed by atoms with E-state index in [1.54, 1.807) is 19.2 Å². The number of benzene rings is 1. The number of carbonyl (C=O) groups excluding carboxylic acids is 1. The van der Waals surface area contributed by atoms with Gasteiger partial charge in [0.1, 0.15) is 0 Å². The third kappa shape index (κ3) is 4.65. The second kappa shape index (κ2) is 8.22. The van der Waals surface area contributed by atoms with Gasteiger partial charge in [0, 0.05) is 29.2 Å². The summed E-state index contributed by atoms with van der Waals surface area (Å²) in [6.45, 7) is 2.67. The average Bonchev–Trinajstić information content (AvgIpc) is 2.62. The van der Waals surface area contributed by atoms with Crippen molar-refractivity contribution in [3.05, 3.63) is 30.3 Å². The fourth-order valence-corrected chi connectivity index (χ4v) is 3.33. The van der Waals surface area contributed by atoms with Crippen LogP contribution >= 0.6 is 0 Å². The monoisotopic (exact) mass is 372 g/mol. The predicted octanol–water partition coefficient (Wildman–Crippen LogP) is 2.30. The molecule has 0 unspecified atom stereocenters. The zero-order valence-corrected chi connectivity index (χ0v) is 15.4. The first kappa shape index (κ1) is 18.9. The van der Waals surface area contributed by atoms with E-state index in [4.69, 9.17) is 9.84 Å². The minimum absolute atomic E-state index is 0.0377. The second-order valence-corrected chi connectivity index (χ2v) is 6.64. The number of ether oxygens (including phenoxy) is 1. The van der Waals surface area contributed by atoms with E-state index in [9.17, 15) is 9.59 Å². The summed E-state index contributed by atoms with van der Waals surface area (Å²) in [5.41, 5.74) is 1.48. The van der Waals surface area contributed by atoms with Crippen LogP contribution in [0.2, 0.25) is 0 Å². The highest BCUT2D eigenvalue weighted by Crippen LogP contribution is 2.26. The molecule has 144 valence electrons. The number of nitrogens with zero attached hydrogens (tertiary/aromatic N) is 2. The normalized spacial score (nSPS) is 18.8. The average molecular weight is 372 g/mol. The maximum absolute atomic E-state index is 12.2. The van der Waals surface area contributed by atoms with Crippen LogP contribution < -0.4 is 15.4 Å². The minimum atomic E-state index is -0.825. The van der Waals surface area contributed by atoms with Gasteiger partial charge >= 0.3 is 12.0 Å². The van der Waals surface area contributed by atoms with Gasteiger partial charge in [-0.15, -0.1) is 0 Å². The zero-order valence-electron chi connectivity index (χ0n) is 15.4. The fraction of sp³-hybridized carbons (Fsp3) is 0.421. The largest absolute Gasteiger partial charge is 0.481 e. The van der Waals surface area contributed by atoms with Crippen LogP contribution in [0.4, 0.5) is 10.5 Å². The lowest BCUT2D eigenvalue weighted by Gasteiger charge is -2.42. The second-order valence-electron chi connectivity index (χ2n) is 6.64. The van der Waals surface area contributed by atoms with Crippen molar-refractivity contribution in [1.29, 1.82) is 0 Å². The van der Waals surface area contributed by atoms with Crippen molar-refractivity contribution >= 4 is 28.6 Å². The number of urea groups is 1. The lowest BCUT2D eigenvalue weighted by Crippen LogP contribution is -2.55. The molecule has 0 aliphatic heterocycles. The molecule has 1 aromatic carbocycles. The summed E-state index contributed by atoms with van der Waals surface area (Å²) in [6, 6.07) is 9.15. The molecule has 1 saturated carbocycles. The Hall–Kier alpha value is -2.87. The zero-order chi connectivity index (χ0) is 19.4. The van der Waals surface area contributed by atoms with Crippen molar-refractivity contribution in [2.45, 2.75) is 31.8 Å². The summed E-state index contributed by atoms with van der Waals surface area (Å²) in [4.78, 5) is 29.3. The van der Waals surface area contributed by atoms with E-state index in [2.05, 4.69) is 15.6 Å². The number of likely N-dealkylation sites (N-methyl/N-ethyl adjacent to an activating group) is 1. The van der Waals surface area contributed by atoms with Gasteiger partial charge in [0.15, 0.2) is 0 Å². The number of carboxylic acids is 1. The standard InChI is InChI=1S/C19H24N4O4/c1-3-23(11-18(24)25)15-9-14(10-15)21-19(26)20-13-5-6-16-12(8-13)4-7-17(22-16)27-2/h4-8,14-15H,3,9-11H2,1-2H3,(H,24,25)(H2,20,21,26). The van der Waals surface area contributed by atoms with E-state index in [1.807, 2.05) is 30.0 Å².